The van der Waals surface area contributed by atoms with E-state index in [2.05, 4.69) is 33.8 Å². The van der Waals surface area contributed by atoms with Gasteiger partial charge in [0.05, 0.1) is 29.6 Å². The molecule has 1 saturated carbocycles. The molecule has 3 aliphatic rings. The Morgan fingerprint density at radius 1 is 1.08 bits per heavy atom. The van der Waals surface area contributed by atoms with E-state index < -0.39 is 0 Å². The molecule has 0 bridgehead atoms. The lowest BCUT2D eigenvalue weighted by Crippen LogP contribution is -2.45. The molecule has 1 aliphatic carbocycles. The number of hydrogen-bond acceptors (Lipinski definition) is 9. The lowest BCUT2D eigenvalue weighted by atomic mass is 9.89. The van der Waals surface area contributed by atoms with Crippen LogP contribution in [0.5, 0.6) is 0 Å². The Bertz CT molecular complexity index is 1100. The molecule has 0 spiro atoms. The van der Waals surface area contributed by atoms with Gasteiger partial charge in [-0.2, -0.15) is 10.1 Å². The highest BCUT2D eigenvalue weighted by Crippen LogP contribution is 2.35. The van der Waals surface area contributed by atoms with Crippen molar-refractivity contribution in [2.45, 2.75) is 87.5 Å². The molecule has 0 atom stereocenters. The van der Waals surface area contributed by atoms with Gasteiger partial charge in [-0.25, -0.2) is 4.98 Å². The van der Waals surface area contributed by atoms with Gasteiger partial charge in [-0.3, -0.25) is 4.68 Å². The number of hydrogen-bond donors (Lipinski definition) is 3. The van der Waals surface area contributed by atoms with Gasteiger partial charge in [0.2, 0.25) is 5.95 Å². The number of aromatic nitrogens is 4. The van der Waals surface area contributed by atoms with Gasteiger partial charge < -0.3 is 25.4 Å². The third-order valence-electron chi connectivity index (χ3n) is 7.97. The van der Waals surface area contributed by atoms with E-state index in [0.717, 1.165) is 105 Å². The molecule has 4 heterocycles. The van der Waals surface area contributed by atoms with Crippen LogP contribution in [-0.4, -0.2) is 74.2 Å². The molecule has 0 unspecified atom stereocenters. The van der Waals surface area contributed by atoms with E-state index in [9.17, 15) is 5.11 Å². The zero-order valence-corrected chi connectivity index (χ0v) is 23.3. The topological polar surface area (TPSA) is 100 Å². The summed E-state index contributed by atoms with van der Waals surface area (Å²) in [4.78, 5) is 12.3. The minimum absolute atomic E-state index is 0.121. The zero-order valence-electron chi connectivity index (χ0n) is 22.4. The van der Waals surface area contributed by atoms with Gasteiger partial charge in [0.25, 0.3) is 0 Å². The molecule has 9 nitrogen and oxygen atoms in total. The van der Waals surface area contributed by atoms with Crippen molar-refractivity contribution >= 4 is 34.8 Å². The van der Waals surface area contributed by atoms with Gasteiger partial charge in [-0.1, -0.05) is 24.9 Å². The highest BCUT2D eigenvalue weighted by molar-refractivity contribution is 8.02. The van der Waals surface area contributed by atoms with Crippen molar-refractivity contribution in [2.24, 2.45) is 0 Å². The number of anilines is 3. The predicted octanol–water partition coefficient (Wildman–Crippen LogP) is 5.22. The Morgan fingerprint density at radius 3 is 2.50 bits per heavy atom. The summed E-state index contributed by atoms with van der Waals surface area (Å²) in [6.45, 7) is 13.7. The summed E-state index contributed by atoms with van der Waals surface area (Å²) in [6, 6.07) is 1.32. The second-order valence-electron chi connectivity index (χ2n) is 10.7. The molecule has 38 heavy (non-hydrogen) atoms. The molecule has 2 aromatic heterocycles. The first-order valence-electron chi connectivity index (χ1n) is 13.9. The summed E-state index contributed by atoms with van der Waals surface area (Å²) in [5, 5.41) is 24.2. The van der Waals surface area contributed by atoms with E-state index >= 15 is 0 Å². The molecule has 206 valence electrons. The van der Waals surface area contributed by atoms with E-state index in [1.165, 1.54) is 11.8 Å². The van der Waals surface area contributed by atoms with Crippen molar-refractivity contribution in [2.75, 3.05) is 36.9 Å². The normalized spacial score (nSPS) is 23.7. The van der Waals surface area contributed by atoms with Gasteiger partial charge in [0.1, 0.15) is 10.8 Å². The van der Waals surface area contributed by atoms with E-state index in [1.54, 1.807) is 5.41 Å². The van der Waals surface area contributed by atoms with Crippen molar-refractivity contribution in [1.82, 2.24) is 24.6 Å². The molecule has 2 aliphatic heterocycles. The first kappa shape index (κ1) is 27.2. The van der Waals surface area contributed by atoms with Crippen molar-refractivity contribution in [3.8, 4) is 0 Å². The average Bonchev–Trinajstić information content (AvgIpc) is 3.38. The maximum Gasteiger partial charge on any atom is 0.230 e. The van der Waals surface area contributed by atoms with Crippen molar-refractivity contribution < 1.29 is 9.84 Å². The van der Waals surface area contributed by atoms with Crippen LogP contribution in [0.1, 0.15) is 69.9 Å². The standard InChI is InChI=1S/C28H41N7O2S/c1-4-38-27-25(19(2)3)26(30-20-5-7-22(8-6-20)34-13-9-24(36)10-14-34)32-28(33-27)31-21-17-29-35(18-21)23-11-15-37-16-12-23/h4,17-18,20,22-24,36H,1-2,5-16H2,3H3,(H2,30,31,32,33). The second kappa shape index (κ2) is 12.6. The minimum atomic E-state index is -0.121. The molecule has 2 aromatic rings. The van der Waals surface area contributed by atoms with Crippen LogP contribution in [0.2, 0.25) is 0 Å². The third-order valence-corrected chi connectivity index (χ3v) is 8.66. The van der Waals surface area contributed by atoms with Crippen LogP contribution in [0, 0.1) is 0 Å². The Kier molecular flexibility index (Phi) is 9.04. The number of rotatable bonds is 9. The Morgan fingerprint density at radius 2 is 1.82 bits per heavy atom. The maximum atomic E-state index is 9.86. The van der Waals surface area contributed by atoms with E-state index in [1.807, 2.05) is 24.0 Å². The number of aliphatic hydroxyl groups excluding tert-OH is 1. The minimum Gasteiger partial charge on any atom is -0.393 e. The number of allylic oxidation sites excluding steroid dienone is 1. The van der Waals surface area contributed by atoms with Crippen LogP contribution in [0.15, 0.2) is 36.0 Å². The molecule has 10 heteroatoms. The summed E-state index contributed by atoms with van der Waals surface area (Å²) in [5.74, 6) is 1.36. The fraction of sp³-hybridized carbons (Fsp3) is 0.607. The highest BCUT2D eigenvalue weighted by Gasteiger charge is 2.29. The van der Waals surface area contributed by atoms with Crippen LogP contribution in [0.3, 0.4) is 0 Å². The summed E-state index contributed by atoms with van der Waals surface area (Å²) in [7, 11) is 0. The fourth-order valence-corrected chi connectivity index (χ4v) is 6.55. The quantitative estimate of drug-likeness (QED) is 0.293. The number of piperidine rings is 1. The van der Waals surface area contributed by atoms with Gasteiger partial charge in [0.15, 0.2) is 0 Å². The molecule has 0 radical (unpaired) electrons. The second-order valence-corrected chi connectivity index (χ2v) is 11.7. The first-order valence-corrected chi connectivity index (χ1v) is 14.8. The van der Waals surface area contributed by atoms with E-state index in [4.69, 9.17) is 14.7 Å². The Labute approximate surface area is 230 Å². The molecular weight excluding hydrogens is 498 g/mol. The molecular formula is C28H41N7O2S. The number of likely N-dealkylation sites (tertiary alicyclic amines) is 1. The number of nitrogens with one attached hydrogen (secondary N) is 2. The predicted molar refractivity (Wildman–Crippen MR) is 154 cm³/mol. The summed E-state index contributed by atoms with van der Waals surface area (Å²) >= 11 is 1.49. The maximum absolute atomic E-state index is 9.86. The van der Waals surface area contributed by atoms with Gasteiger partial charge in [0, 0.05) is 44.6 Å². The molecule has 3 N–H and O–H groups in total. The molecule has 3 fully saturated rings. The zero-order chi connectivity index (χ0) is 26.5. The van der Waals surface area contributed by atoms with Crippen LogP contribution < -0.4 is 10.6 Å². The summed E-state index contributed by atoms with van der Waals surface area (Å²) in [5.41, 5.74) is 2.74. The third kappa shape index (κ3) is 6.59. The Balaban J connectivity index is 1.30. The molecule has 2 saturated heterocycles. The molecule has 0 amide bonds. The van der Waals surface area contributed by atoms with Crippen LogP contribution in [0.25, 0.3) is 5.57 Å². The fourth-order valence-electron chi connectivity index (χ4n) is 5.86. The monoisotopic (exact) mass is 539 g/mol. The lowest BCUT2D eigenvalue weighted by Gasteiger charge is -2.40. The number of ether oxygens (including phenoxy) is 1. The van der Waals surface area contributed by atoms with Crippen LogP contribution in [0.4, 0.5) is 17.5 Å². The number of aliphatic hydroxyl groups is 1. The Hall–Kier alpha value is -2.40. The summed E-state index contributed by atoms with van der Waals surface area (Å²) in [6.07, 6.45) is 12.0. The van der Waals surface area contributed by atoms with E-state index in [-0.39, 0.29) is 6.10 Å². The SMILES string of the molecule is C=CSc1nc(Nc2cnn(C3CCOCC3)c2)nc(NC2CCC(N3CCC(O)CC3)CC2)c1C(=C)C. The van der Waals surface area contributed by atoms with Crippen molar-refractivity contribution in [3.63, 3.8) is 0 Å². The first-order chi connectivity index (χ1) is 18.5. The van der Waals surface area contributed by atoms with Gasteiger partial charge in [-0.15, -0.1) is 0 Å². The smallest absolute Gasteiger partial charge is 0.230 e. The number of nitrogens with zero attached hydrogens (tertiary/aromatic N) is 5. The highest BCUT2D eigenvalue weighted by atomic mass is 32.2. The van der Waals surface area contributed by atoms with Gasteiger partial charge >= 0.3 is 0 Å². The summed E-state index contributed by atoms with van der Waals surface area (Å²) < 4.78 is 7.51. The van der Waals surface area contributed by atoms with E-state index in [0.29, 0.717) is 24.1 Å². The molecule has 0 aromatic carbocycles. The lowest BCUT2D eigenvalue weighted by molar-refractivity contribution is 0.0495. The van der Waals surface area contributed by atoms with Crippen molar-refractivity contribution in [3.05, 3.63) is 36.5 Å². The van der Waals surface area contributed by atoms with Crippen LogP contribution in [-0.2, 0) is 4.74 Å². The molecule has 5 rings (SSSR count). The number of thioether (sulfide) groups is 1. The van der Waals surface area contributed by atoms with Crippen LogP contribution >= 0.6 is 11.8 Å². The van der Waals surface area contributed by atoms with Gasteiger partial charge in [-0.05, 0) is 69.3 Å². The largest absolute Gasteiger partial charge is 0.393 e. The average molecular weight is 540 g/mol. The van der Waals surface area contributed by atoms with Crippen molar-refractivity contribution in [1.29, 1.82) is 0 Å².